The molecule has 1 atom stereocenters. The monoisotopic (exact) mass is 393 g/mol. The number of carboxylic acid groups (broad SMARTS) is 1. The molecule has 2 aromatic rings. The van der Waals surface area contributed by atoms with Crippen molar-refractivity contribution in [2.24, 2.45) is 0 Å². The highest BCUT2D eigenvalue weighted by atomic mass is 35.5. The second kappa shape index (κ2) is 9.80. The lowest BCUT2D eigenvalue weighted by Crippen LogP contribution is -2.33. The minimum absolute atomic E-state index is 0.254. The quantitative estimate of drug-likeness (QED) is 0.636. The van der Waals surface area contributed by atoms with Crippen LogP contribution in [0.1, 0.15) is 22.0 Å². The van der Waals surface area contributed by atoms with Crippen LogP contribution in [0.4, 0.5) is 0 Å². The van der Waals surface area contributed by atoms with E-state index in [1.54, 1.807) is 31.4 Å². The summed E-state index contributed by atoms with van der Waals surface area (Å²) in [5, 5.41) is 12.3. The second-order valence-electron chi connectivity index (χ2n) is 5.51. The minimum atomic E-state index is -1.26. The number of benzene rings is 2. The van der Waals surface area contributed by atoms with E-state index in [0.29, 0.717) is 30.3 Å². The molecular formula is C19H20ClNO6. The van der Waals surface area contributed by atoms with Crippen molar-refractivity contribution in [3.8, 4) is 11.5 Å². The molecule has 0 aliphatic carbocycles. The van der Waals surface area contributed by atoms with E-state index in [-0.39, 0.29) is 10.6 Å². The van der Waals surface area contributed by atoms with E-state index in [2.05, 4.69) is 5.32 Å². The smallest absolute Gasteiger partial charge is 0.330 e. The first-order chi connectivity index (χ1) is 13.0. The molecule has 27 heavy (non-hydrogen) atoms. The van der Waals surface area contributed by atoms with Gasteiger partial charge in [-0.2, -0.15) is 0 Å². The number of aliphatic carboxylic acids is 1. The first kappa shape index (κ1) is 20.5. The lowest BCUT2D eigenvalue weighted by molar-refractivity contribution is -0.139. The number of hydrogen-bond donors (Lipinski definition) is 2. The van der Waals surface area contributed by atoms with Crippen molar-refractivity contribution in [1.29, 1.82) is 0 Å². The Morgan fingerprint density at radius 2 is 1.93 bits per heavy atom. The van der Waals surface area contributed by atoms with Gasteiger partial charge in [0.1, 0.15) is 18.1 Å². The molecule has 0 fully saturated rings. The van der Waals surface area contributed by atoms with Crippen LogP contribution in [0.5, 0.6) is 11.5 Å². The Bertz CT molecular complexity index is 811. The van der Waals surface area contributed by atoms with Crippen LogP contribution in [0, 0.1) is 0 Å². The molecule has 1 amide bonds. The van der Waals surface area contributed by atoms with Crippen molar-refractivity contribution < 1.29 is 28.9 Å². The van der Waals surface area contributed by atoms with Gasteiger partial charge in [-0.15, -0.1) is 0 Å². The van der Waals surface area contributed by atoms with Crippen LogP contribution < -0.4 is 14.8 Å². The summed E-state index contributed by atoms with van der Waals surface area (Å²) in [5.41, 5.74) is 0.602. The standard InChI is InChI=1S/C19H20ClNO6/c1-25-8-9-27-14-5-3-4-13(10-14)18(22)21-17(19(23)24)12-6-7-16(26-2)15(20)11-12/h3-7,10-11,17H,8-9H2,1-2H3,(H,21,22)(H,23,24). The van der Waals surface area contributed by atoms with Gasteiger partial charge in [0.25, 0.3) is 5.91 Å². The molecule has 2 aromatic carbocycles. The average molecular weight is 394 g/mol. The van der Waals surface area contributed by atoms with Crippen molar-refractivity contribution in [1.82, 2.24) is 5.32 Å². The second-order valence-corrected chi connectivity index (χ2v) is 5.91. The normalized spacial score (nSPS) is 11.5. The molecule has 0 aromatic heterocycles. The van der Waals surface area contributed by atoms with Crippen LogP contribution in [0.25, 0.3) is 0 Å². The topological polar surface area (TPSA) is 94.1 Å². The molecule has 0 aliphatic heterocycles. The number of ether oxygens (including phenoxy) is 3. The Labute approximate surface area is 161 Å². The van der Waals surface area contributed by atoms with Gasteiger partial charge in [0.15, 0.2) is 6.04 Å². The molecule has 0 saturated carbocycles. The molecule has 0 aliphatic rings. The Kier molecular flexibility index (Phi) is 7.45. The first-order valence-electron chi connectivity index (χ1n) is 8.05. The van der Waals surface area contributed by atoms with Crippen molar-refractivity contribution >= 4 is 23.5 Å². The maximum Gasteiger partial charge on any atom is 0.330 e. The van der Waals surface area contributed by atoms with Gasteiger partial charge in [-0.1, -0.05) is 23.7 Å². The van der Waals surface area contributed by atoms with Gasteiger partial charge in [-0.05, 0) is 35.9 Å². The van der Waals surface area contributed by atoms with Crippen molar-refractivity contribution in [3.63, 3.8) is 0 Å². The van der Waals surface area contributed by atoms with E-state index in [1.165, 1.54) is 25.3 Å². The van der Waals surface area contributed by atoms with E-state index >= 15 is 0 Å². The number of carbonyl (C=O) groups excluding carboxylic acids is 1. The number of methoxy groups -OCH3 is 2. The predicted octanol–water partition coefficient (Wildman–Crippen LogP) is 2.93. The van der Waals surface area contributed by atoms with Gasteiger partial charge >= 0.3 is 5.97 Å². The molecule has 2 N–H and O–H groups in total. The summed E-state index contributed by atoms with van der Waals surface area (Å²) in [5.74, 6) is -0.862. The zero-order valence-corrected chi connectivity index (χ0v) is 15.7. The van der Waals surface area contributed by atoms with Crippen molar-refractivity contribution in [2.45, 2.75) is 6.04 Å². The number of nitrogens with one attached hydrogen (secondary N) is 1. The minimum Gasteiger partial charge on any atom is -0.495 e. The number of hydrogen-bond acceptors (Lipinski definition) is 5. The summed E-state index contributed by atoms with van der Waals surface area (Å²) < 4.78 is 15.4. The molecule has 8 heteroatoms. The molecule has 144 valence electrons. The van der Waals surface area contributed by atoms with E-state index in [4.69, 9.17) is 25.8 Å². The summed E-state index contributed by atoms with van der Waals surface area (Å²) in [6.07, 6.45) is 0. The summed E-state index contributed by atoms with van der Waals surface area (Å²) in [6.45, 7) is 0.749. The largest absolute Gasteiger partial charge is 0.495 e. The van der Waals surface area contributed by atoms with Crippen LogP contribution in [0.3, 0.4) is 0 Å². The molecule has 0 spiro atoms. The van der Waals surface area contributed by atoms with Gasteiger partial charge < -0.3 is 24.6 Å². The third-order valence-electron chi connectivity index (χ3n) is 3.68. The van der Waals surface area contributed by atoms with Crippen LogP contribution >= 0.6 is 11.6 Å². The summed E-state index contributed by atoms with van der Waals surface area (Å²) in [6, 6.07) is 9.71. The maximum absolute atomic E-state index is 12.5. The van der Waals surface area contributed by atoms with Crippen LogP contribution in [0.15, 0.2) is 42.5 Å². The summed E-state index contributed by atoms with van der Waals surface area (Å²) >= 11 is 6.06. The maximum atomic E-state index is 12.5. The number of rotatable bonds is 9. The molecule has 2 rings (SSSR count). The van der Waals surface area contributed by atoms with Crippen molar-refractivity contribution in [3.05, 3.63) is 58.6 Å². The highest BCUT2D eigenvalue weighted by molar-refractivity contribution is 6.32. The van der Waals surface area contributed by atoms with E-state index in [0.717, 1.165) is 0 Å². The Morgan fingerprint density at radius 1 is 1.15 bits per heavy atom. The lowest BCUT2D eigenvalue weighted by atomic mass is 10.1. The first-order valence-corrected chi connectivity index (χ1v) is 8.43. The van der Waals surface area contributed by atoms with Gasteiger partial charge in [0.05, 0.1) is 18.7 Å². The third kappa shape index (κ3) is 5.60. The Morgan fingerprint density at radius 3 is 2.56 bits per heavy atom. The Hall–Kier alpha value is -2.77. The molecule has 0 radical (unpaired) electrons. The van der Waals surface area contributed by atoms with Gasteiger partial charge in [0, 0.05) is 12.7 Å². The summed E-state index contributed by atoms with van der Waals surface area (Å²) in [4.78, 5) is 24.2. The molecule has 7 nitrogen and oxygen atoms in total. The highest BCUT2D eigenvalue weighted by Crippen LogP contribution is 2.28. The van der Waals surface area contributed by atoms with E-state index in [9.17, 15) is 14.7 Å². The zero-order chi connectivity index (χ0) is 19.8. The summed E-state index contributed by atoms with van der Waals surface area (Å²) in [7, 11) is 3.02. The van der Waals surface area contributed by atoms with Crippen LogP contribution in [-0.4, -0.2) is 44.4 Å². The lowest BCUT2D eigenvalue weighted by Gasteiger charge is -2.16. The number of halogens is 1. The van der Waals surface area contributed by atoms with Crippen molar-refractivity contribution in [2.75, 3.05) is 27.4 Å². The molecule has 0 heterocycles. The Balaban J connectivity index is 2.16. The fraction of sp³-hybridized carbons (Fsp3) is 0.263. The van der Waals surface area contributed by atoms with Crippen LogP contribution in [-0.2, 0) is 9.53 Å². The van der Waals surface area contributed by atoms with Gasteiger partial charge in [-0.25, -0.2) is 4.79 Å². The van der Waals surface area contributed by atoms with Gasteiger partial charge in [0.2, 0.25) is 0 Å². The van der Waals surface area contributed by atoms with Gasteiger partial charge in [-0.3, -0.25) is 4.79 Å². The van der Waals surface area contributed by atoms with Crippen LogP contribution in [0.2, 0.25) is 5.02 Å². The molecule has 0 saturated heterocycles. The SMILES string of the molecule is COCCOc1cccc(C(=O)NC(C(=O)O)c2ccc(OC)c(Cl)c2)c1. The predicted molar refractivity (Wildman–Crippen MR) is 99.7 cm³/mol. The average Bonchev–Trinajstić information content (AvgIpc) is 2.66. The number of carboxylic acids is 1. The molecular weight excluding hydrogens is 374 g/mol. The fourth-order valence-electron chi connectivity index (χ4n) is 2.33. The molecule has 1 unspecified atom stereocenters. The number of carbonyl (C=O) groups is 2. The van der Waals surface area contributed by atoms with E-state index in [1.807, 2.05) is 0 Å². The zero-order valence-electron chi connectivity index (χ0n) is 14.9. The third-order valence-corrected chi connectivity index (χ3v) is 3.98. The fourth-order valence-corrected chi connectivity index (χ4v) is 2.60. The number of amides is 1. The molecule has 0 bridgehead atoms. The van der Waals surface area contributed by atoms with E-state index < -0.39 is 17.9 Å². The highest BCUT2D eigenvalue weighted by Gasteiger charge is 2.24.